The number of amides is 5. The number of likely N-dealkylation sites (tertiary alicyclic amines) is 1. The Bertz CT molecular complexity index is 2190. The summed E-state index contributed by atoms with van der Waals surface area (Å²) in [6.45, 7) is 1.67. The Hall–Kier alpha value is -6.48. The molecule has 15 heteroatoms. The molecule has 2 aliphatic rings. The van der Waals surface area contributed by atoms with Crippen LogP contribution in [0.3, 0.4) is 0 Å². The lowest BCUT2D eigenvalue weighted by Crippen LogP contribution is -2.48. The summed E-state index contributed by atoms with van der Waals surface area (Å²) in [5, 5.41) is 11.1. The van der Waals surface area contributed by atoms with E-state index in [1.54, 1.807) is 12.4 Å². The fourth-order valence-electron chi connectivity index (χ4n) is 7.67. The molecule has 15 nitrogen and oxygen atoms in total. The van der Waals surface area contributed by atoms with Crippen molar-refractivity contribution in [1.82, 2.24) is 46.1 Å². The van der Waals surface area contributed by atoms with Crippen LogP contribution in [0.4, 0.5) is 9.59 Å². The third-order valence-electron chi connectivity index (χ3n) is 10.9. The summed E-state index contributed by atoms with van der Waals surface area (Å²) >= 11 is 0. The van der Waals surface area contributed by atoms with Gasteiger partial charge in [-0.25, -0.2) is 19.6 Å². The summed E-state index contributed by atoms with van der Waals surface area (Å²) in [6, 6.07) is 23.0. The number of aromatic amines is 2. The van der Waals surface area contributed by atoms with Gasteiger partial charge in [0.1, 0.15) is 23.7 Å². The number of carbonyl (C=O) groups is 4. The molecule has 0 saturated carbocycles. The van der Waals surface area contributed by atoms with Gasteiger partial charge in [0, 0.05) is 26.8 Å². The number of methoxy groups -OCH3 is 1. The topological polar surface area (TPSA) is 195 Å². The zero-order valence-corrected chi connectivity index (χ0v) is 33.3. The molecular formula is C44H51N9O6. The number of urea groups is 1. The second kappa shape index (κ2) is 19.3. The quantitative estimate of drug-likeness (QED) is 0.0995. The molecule has 2 fully saturated rings. The lowest BCUT2D eigenvalue weighted by molar-refractivity contribution is -0.134. The number of hydrogen-bond acceptors (Lipinski definition) is 8. The highest BCUT2D eigenvalue weighted by molar-refractivity contribution is 5.89. The number of nitrogens with one attached hydrogen (secondary N) is 6. The van der Waals surface area contributed by atoms with Gasteiger partial charge >= 0.3 is 12.1 Å². The molecule has 308 valence electrons. The molecule has 0 unspecified atom stereocenters. The molecule has 6 N–H and O–H groups in total. The van der Waals surface area contributed by atoms with Gasteiger partial charge in [0.25, 0.3) is 0 Å². The van der Waals surface area contributed by atoms with Gasteiger partial charge in [-0.15, -0.1) is 0 Å². The summed E-state index contributed by atoms with van der Waals surface area (Å²) in [4.78, 5) is 69.5. The summed E-state index contributed by atoms with van der Waals surface area (Å²) in [6.07, 6.45) is 8.08. The molecule has 59 heavy (non-hydrogen) atoms. The molecule has 5 aromatic rings. The molecule has 2 saturated heterocycles. The third kappa shape index (κ3) is 9.98. The fraction of sp³-hybridized carbons (Fsp3) is 0.364. The molecule has 0 spiro atoms. The normalized spacial score (nSPS) is 19.4. The van der Waals surface area contributed by atoms with E-state index < -0.39 is 30.2 Å². The van der Waals surface area contributed by atoms with Crippen LogP contribution in [0.1, 0.15) is 80.3 Å². The zero-order chi connectivity index (χ0) is 41.1. The van der Waals surface area contributed by atoms with E-state index in [9.17, 15) is 19.2 Å². The maximum atomic E-state index is 13.9. The van der Waals surface area contributed by atoms with Crippen molar-refractivity contribution >= 4 is 23.9 Å². The van der Waals surface area contributed by atoms with E-state index in [0.29, 0.717) is 49.8 Å². The standard InChI is InChI=1S/C44H51N9O6/c1-45-43(56)52-38(32-10-5-3-6-11-32)42(55)53-23-9-13-37(53)40-47-27-36(49-40)31-20-16-29(17-21-31)28-14-18-30(19-15-28)35-26-46-39(48-35)33-22-25-59-24-8-4-7-12-34(41(54)50-33)51-44(57)58-2/h3,5-6,10-11,14-21,26-27,33-34,37-38H,4,7-9,12-13,22-25H2,1-2H3,(H,46,48)(H,47,49)(H,50,54)(H,51,57)(H2,45,52,56)/t33-,34-,37-,38+/m0/s1. The molecule has 7 rings (SSSR count). The van der Waals surface area contributed by atoms with Crippen molar-refractivity contribution in [3.63, 3.8) is 0 Å². The average molecular weight is 802 g/mol. The maximum Gasteiger partial charge on any atom is 0.407 e. The molecule has 0 radical (unpaired) electrons. The predicted octanol–water partition coefficient (Wildman–Crippen LogP) is 6.33. The maximum absolute atomic E-state index is 13.9. The first-order chi connectivity index (χ1) is 28.8. The number of rotatable bonds is 9. The predicted molar refractivity (Wildman–Crippen MR) is 222 cm³/mol. The second-order valence-electron chi connectivity index (χ2n) is 14.8. The smallest absolute Gasteiger partial charge is 0.407 e. The first kappa shape index (κ1) is 40.7. The SMILES string of the molecule is CNC(=O)N[C@@H](C(=O)N1CCC[C@H]1c1ncc(-c2ccc(-c3ccc(-c4cnc([C@@H]5CCOCCCCC[C@H](NC(=O)OC)C(=O)N5)[nH]4)cc3)cc2)[nH]1)c1ccccc1. The van der Waals surface area contributed by atoms with Crippen molar-refractivity contribution < 1.29 is 28.7 Å². The largest absolute Gasteiger partial charge is 0.453 e. The van der Waals surface area contributed by atoms with Crippen molar-refractivity contribution in [2.24, 2.45) is 0 Å². The number of benzene rings is 3. The highest BCUT2D eigenvalue weighted by atomic mass is 16.5. The minimum Gasteiger partial charge on any atom is -0.453 e. The van der Waals surface area contributed by atoms with Crippen LogP contribution in [-0.4, -0.2) is 88.7 Å². The number of H-pyrrole nitrogens is 2. The van der Waals surface area contributed by atoms with Gasteiger partial charge in [-0.05, 0) is 59.9 Å². The van der Waals surface area contributed by atoms with Crippen molar-refractivity contribution in [2.45, 2.75) is 69.1 Å². The number of ether oxygens (including phenoxy) is 2. The molecule has 0 aliphatic carbocycles. The minimum absolute atomic E-state index is 0.178. The van der Waals surface area contributed by atoms with Crippen molar-refractivity contribution in [2.75, 3.05) is 33.9 Å². The lowest BCUT2D eigenvalue weighted by Gasteiger charge is -2.28. The van der Waals surface area contributed by atoms with E-state index in [4.69, 9.17) is 14.5 Å². The molecule has 2 aromatic heterocycles. The number of alkyl carbamates (subject to hydrolysis) is 1. The molecule has 2 aliphatic heterocycles. The third-order valence-corrected chi connectivity index (χ3v) is 10.9. The Morgan fingerprint density at radius 1 is 0.780 bits per heavy atom. The molecule has 5 amide bonds. The molecule has 4 heterocycles. The van der Waals surface area contributed by atoms with Crippen LogP contribution < -0.4 is 21.3 Å². The van der Waals surface area contributed by atoms with Gasteiger partial charge in [-0.1, -0.05) is 91.7 Å². The van der Waals surface area contributed by atoms with Gasteiger partial charge in [0.2, 0.25) is 11.8 Å². The highest BCUT2D eigenvalue weighted by Crippen LogP contribution is 2.34. The van der Waals surface area contributed by atoms with E-state index in [2.05, 4.69) is 60.5 Å². The summed E-state index contributed by atoms with van der Waals surface area (Å²) in [5.41, 5.74) is 6.35. The van der Waals surface area contributed by atoms with Gasteiger partial charge in [0.05, 0.1) is 43.0 Å². The van der Waals surface area contributed by atoms with E-state index in [-0.39, 0.29) is 17.9 Å². The summed E-state index contributed by atoms with van der Waals surface area (Å²) < 4.78 is 10.6. The molecule has 3 aromatic carbocycles. The van der Waals surface area contributed by atoms with Gasteiger partial charge in [-0.2, -0.15) is 0 Å². The highest BCUT2D eigenvalue weighted by Gasteiger charge is 2.37. The minimum atomic E-state index is -0.822. The molecular weight excluding hydrogens is 751 g/mol. The Morgan fingerprint density at radius 2 is 1.42 bits per heavy atom. The Labute approximate surface area is 343 Å². The number of carbonyl (C=O) groups excluding carboxylic acids is 4. The Kier molecular flexibility index (Phi) is 13.3. The average Bonchev–Trinajstić information content (AvgIpc) is 4.07. The van der Waals surface area contributed by atoms with Crippen molar-refractivity contribution in [1.29, 1.82) is 0 Å². The van der Waals surface area contributed by atoms with Gasteiger partial charge in [0.15, 0.2) is 0 Å². The van der Waals surface area contributed by atoms with Crippen molar-refractivity contribution in [3.05, 3.63) is 108 Å². The van der Waals surface area contributed by atoms with Gasteiger partial charge in [-0.3, -0.25) is 9.59 Å². The van der Waals surface area contributed by atoms with Crippen LogP contribution in [0.5, 0.6) is 0 Å². The van der Waals surface area contributed by atoms with Crippen LogP contribution in [0.25, 0.3) is 33.6 Å². The first-order valence-electron chi connectivity index (χ1n) is 20.2. The zero-order valence-electron chi connectivity index (χ0n) is 33.3. The Morgan fingerprint density at radius 3 is 2.08 bits per heavy atom. The van der Waals surface area contributed by atoms with Crippen LogP contribution >= 0.6 is 0 Å². The van der Waals surface area contributed by atoms with Crippen LogP contribution in [0.15, 0.2) is 91.3 Å². The number of aromatic nitrogens is 4. The lowest BCUT2D eigenvalue weighted by atomic mass is 10.0. The monoisotopic (exact) mass is 801 g/mol. The first-order valence-corrected chi connectivity index (χ1v) is 20.2. The van der Waals surface area contributed by atoms with E-state index in [0.717, 1.165) is 65.7 Å². The van der Waals surface area contributed by atoms with E-state index in [1.165, 1.54) is 14.2 Å². The summed E-state index contributed by atoms with van der Waals surface area (Å²) in [5.74, 6) is 0.846. The second-order valence-corrected chi connectivity index (χ2v) is 14.8. The fourth-order valence-corrected chi connectivity index (χ4v) is 7.67. The molecule has 0 bridgehead atoms. The van der Waals surface area contributed by atoms with Gasteiger partial charge < -0.3 is 45.6 Å². The van der Waals surface area contributed by atoms with Crippen LogP contribution in [-0.2, 0) is 19.1 Å². The molecule has 4 atom stereocenters. The number of imidazole rings is 2. The summed E-state index contributed by atoms with van der Waals surface area (Å²) in [7, 11) is 2.81. The van der Waals surface area contributed by atoms with Crippen molar-refractivity contribution in [3.8, 4) is 33.6 Å². The number of nitrogens with zero attached hydrogens (tertiary/aromatic N) is 3. The van der Waals surface area contributed by atoms with Crippen LogP contribution in [0, 0.1) is 0 Å². The van der Waals surface area contributed by atoms with E-state index in [1.807, 2.05) is 59.5 Å². The number of hydrogen-bond donors (Lipinski definition) is 6. The van der Waals surface area contributed by atoms with Crippen LogP contribution in [0.2, 0.25) is 0 Å². The van der Waals surface area contributed by atoms with E-state index >= 15 is 0 Å². The Balaban J connectivity index is 1.01.